The highest BCUT2D eigenvalue weighted by Crippen LogP contribution is 2.32. The molecule has 19 heavy (non-hydrogen) atoms. The Morgan fingerprint density at radius 2 is 2.00 bits per heavy atom. The van der Waals surface area contributed by atoms with Gasteiger partial charge in [0.2, 0.25) is 11.7 Å². The summed E-state index contributed by atoms with van der Waals surface area (Å²) in [5.41, 5.74) is 5.35. The van der Waals surface area contributed by atoms with Crippen LogP contribution >= 0.6 is 0 Å². The zero-order valence-corrected chi connectivity index (χ0v) is 12.4. The average molecular weight is 268 g/mol. The largest absolute Gasteiger partial charge is 0.367 e. The Morgan fingerprint density at radius 1 is 1.32 bits per heavy atom. The Hall–Kier alpha value is -0.980. The molecule has 1 unspecified atom stereocenters. The van der Waals surface area contributed by atoms with Crippen molar-refractivity contribution in [1.82, 2.24) is 15.0 Å². The molecule has 0 saturated carbocycles. The van der Waals surface area contributed by atoms with Crippen molar-refractivity contribution in [3.8, 4) is 0 Å². The molecule has 6 nitrogen and oxygen atoms in total. The third-order valence-corrected chi connectivity index (χ3v) is 4.14. The summed E-state index contributed by atoms with van der Waals surface area (Å²) >= 11 is 0. The fourth-order valence-corrected chi connectivity index (χ4v) is 1.83. The summed E-state index contributed by atoms with van der Waals surface area (Å²) in [6.45, 7) is 10.4. The summed E-state index contributed by atoms with van der Waals surface area (Å²) in [4.78, 5) is 6.69. The van der Waals surface area contributed by atoms with Gasteiger partial charge in [-0.05, 0) is 34.7 Å². The molecule has 1 atom stereocenters. The number of hydrogen-bond donors (Lipinski definition) is 1. The minimum absolute atomic E-state index is 0.118. The van der Waals surface area contributed by atoms with E-state index in [1.54, 1.807) is 0 Å². The molecular formula is C13H24N4O2. The van der Waals surface area contributed by atoms with Gasteiger partial charge in [0.1, 0.15) is 6.10 Å². The van der Waals surface area contributed by atoms with E-state index in [1.165, 1.54) is 0 Å². The van der Waals surface area contributed by atoms with Crippen LogP contribution in [0.25, 0.3) is 0 Å². The molecule has 1 aliphatic heterocycles. The van der Waals surface area contributed by atoms with Crippen molar-refractivity contribution in [2.24, 2.45) is 5.73 Å². The lowest BCUT2D eigenvalue weighted by Gasteiger charge is -2.34. The number of likely N-dealkylation sites (N-methyl/N-ethyl adjacent to an activating group) is 1. The van der Waals surface area contributed by atoms with Gasteiger partial charge in [-0.15, -0.1) is 0 Å². The van der Waals surface area contributed by atoms with Crippen LogP contribution in [-0.2, 0) is 10.2 Å². The molecule has 0 bridgehead atoms. The lowest BCUT2D eigenvalue weighted by Crippen LogP contribution is -2.50. The van der Waals surface area contributed by atoms with Gasteiger partial charge in [-0.1, -0.05) is 5.16 Å². The fraction of sp³-hybridized carbons (Fsp3) is 0.846. The minimum atomic E-state index is -0.443. The van der Waals surface area contributed by atoms with E-state index in [1.807, 2.05) is 27.7 Å². The van der Waals surface area contributed by atoms with Gasteiger partial charge in [0, 0.05) is 18.6 Å². The highest BCUT2D eigenvalue weighted by molar-refractivity contribution is 5.11. The maximum absolute atomic E-state index is 6.19. The summed E-state index contributed by atoms with van der Waals surface area (Å²) in [7, 11) is 2.06. The predicted molar refractivity (Wildman–Crippen MR) is 71.8 cm³/mol. The summed E-state index contributed by atoms with van der Waals surface area (Å²) in [5.74, 6) is 1.17. The van der Waals surface area contributed by atoms with Gasteiger partial charge in [-0.2, -0.15) is 4.98 Å². The molecule has 2 heterocycles. The molecule has 1 aliphatic rings. The van der Waals surface area contributed by atoms with Crippen molar-refractivity contribution in [2.75, 3.05) is 26.7 Å². The van der Waals surface area contributed by atoms with E-state index in [0.29, 0.717) is 18.3 Å². The number of morpholine rings is 1. The third kappa shape index (κ3) is 2.80. The Balaban J connectivity index is 2.19. The third-order valence-electron chi connectivity index (χ3n) is 4.14. The number of hydrogen-bond acceptors (Lipinski definition) is 6. The van der Waals surface area contributed by atoms with E-state index in [0.717, 1.165) is 13.1 Å². The van der Waals surface area contributed by atoms with Gasteiger partial charge < -0.3 is 19.9 Å². The number of aromatic nitrogens is 2. The molecule has 1 saturated heterocycles. The molecule has 0 amide bonds. The van der Waals surface area contributed by atoms with Crippen molar-refractivity contribution >= 4 is 0 Å². The maximum atomic E-state index is 6.19. The summed E-state index contributed by atoms with van der Waals surface area (Å²) in [5, 5.41) is 4.06. The van der Waals surface area contributed by atoms with E-state index >= 15 is 0 Å². The molecule has 2 rings (SSSR count). The number of rotatable bonds is 3. The first-order valence-electron chi connectivity index (χ1n) is 6.65. The molecule has 6 heteroatoms. The predicted octanol–water partition coefficient (Wildman–Crippen LogP) is 1.09. The zero-order valence-electron chi connectivity index (χ0n) is 12.4. The lowest BCUT2D eigenvalue weighted by molar-refractivity contribution is -0.0264. The van der Waals surface area contributed by atoms with Crippen LogP contribution in [0.1, 0.15) is 45.5 Å². The number of ether oxygens (including phenoxy) is 1. The Morgan fingerprint density at radius 3 is 2.58 bits per heavy atom. The standard InChI is InChI=1S/C13H24N4O2/c1-12(2,13(3,4)14)11-15-10(16-19-11)9-8-17(5)6-7-18-9/h9H,6-8,14H2,1-5H3. The van der Waals surface area contributed by atoms with Gasteiger partial charge in [0.25, 0.3) is 0 Å². The van der Waals surface area contributed by atoms with E-state index in [2.05, 4.69) is 22.1 Å². The van der Waals surface area contributed by atoms with Gasteiger partial charge >= 0.3 is 0 Å². The molecule has 1 fully saturated rings. The number of nitrogens with two attached hydrogens (primary N) is 1. The van der Waals surface area contributed by atoms with Gasteiger partial charge in [-0.25, -0.2) is 0 Å². The second-order valence-corrected chi connectivity index (χ2v) is 6.43. The second kappa shape index (κ2) is 4.85. The molecular weight excluding hydrogens is 244 g/mol. The van der Waals surface area contributed by atoms with Crippen LogP contribution in [0.15, 0.2) is 4.52 Å². The monoisotopic (exact) mass is 268 g/mol. The first-order valence-corrected chi connectivity index (χ1v) is 6.65. The summed E-state index contributed by atoms with van der Waals surface area (Å²) in [6.07, 6.45) is -0.118. The Bertz CT molecular complexity index is 436. The van der Waals surface area contributed by atoms with E-state index < -0.39 is 11.0 Å². The van der Waals surface area contributed by atoms with Gasteiger partial charge in [-0.3, -0.25) is 0 Å². The molecule has 0 aromatic carbocycles. The van der Waals surface area contributed by atoms with E-state index in [9.17, 15) is 0 Å². The SMILES string of the molecule is CN1CCOC(c2noc(C(C)(C)C(C)(C)N)n2)C1. The van der Waals surface area contributed by atoms with Crippen LogP contribution in [0, 0.1) is 0 Å². The summed E-state index contributed by atoms with van der Waals surface area (Å²) < 4.78 is 11.1. The van der Waals surface area contributed by atoms with Crippen molar-refractivity contribution in [1.29, 1.82) is 0 Å². The van der Waals surface area contributed by atoms with Gasteiger partial charge in [0.05, 0.1) is 12.0 Å². The van der Waals surface area contributed by atoms with E-state index in [-0.39, 0.29) is 6.10 Å². The zero-order chi connectivity index (χ0) is 14.3. The Kier molecular flexibility index (Phi) is 3.68. The second-order valence-electron chi connectivity index (χ2n) is 6.43. The first kappa shape index (κ1) is 14.4. The van der Waals surface area contributed by atoms with Crippen molar-refractivity contribution in [3.05, 3.63) is 11.7 Å². The molecule has 0 spiro atoms. The first-order chi connectivity index (χ1) is 8.72. The molecule has 0 aliphatic carbocycles. The average Bonchev–Trinajstić information content (AvgIpc) is 2.77. The van der Waals surface area contributed by atoms with Crippen LogP contribution in [-0.4, -0.2) is 47.3 Å². The quantitative estimate of drug-likeness (QED) is 0.884. The summed E-state index contributed by atoms with van der Waals surface area (Å²) in [6, 6.07) is 0. The van der Waals surface area contributed by atoms with Crippen molar-refractivity contribution in [2.45, 2.75) is 44.8 Å². The number of nitrogens with zero attached hydrogens (tertiary/aromatic N) is 3. The molecule has 108 valence electrons. The van der Waals surface area contributed by atoms with Crippen LogP contribution in [0.4, 0.5) is 0 Å². The molecule has 2 N–H and O–H groups in total. The van der Waals surface area contributed by atoms with Crippen molar-refractivity contribution < 1.29 is 9.26 Å². The van der Waals surface area contributed by atoms with Crippen LogP contribution < -0.4 is 5.73 Å². The smallest absolute Gasteiger partial charge is 0.234 e. The van der Waals surface area contributed by atoms with Gasteiger partial charge in [0.15, 0.2) is 0 Å². The minimum Gasteiger partial charge on any atom is -0.367 e. The molecule has 1 aromatic rings. The van der Waals surface area contributed by atoms with Crippen LogP contribution in [0.3, 0.4) is 0 Å². The highest BCUT2D eigenvalue weighted by Gasteiger charge is 2.41. The van der Waals surface area contributed by atoms with Crippen LogP contribution in [0.5, 0.6) is 0 Å². The molecule has 0 radical (unpaired) electrons. The fourth-order valence-electron chi connectivity index (χ4n) is 1.83. The molecule has 1 aromatic heterocycles. The lowest BCUT2D eigenvalue weighted by atomic mass is 9.75. The van der Waals surface area contributed by atoms with Crippen LogP contribution in [0.2, 0.25) is 0 Å². The van der Waals surface area contributed by atoms with E-state index in [4.69, 9.17) is 15.0 Å². The van der Waals surface area contributed by atoms with Crippen molar-refractivity contribution in [3.63, 3.8) is 0 Å². The maximum Gasteiger partial charge on any atom is 0.234 e. The normalized spacial score (nSPS) is 22.7. The topological polar surface area (TPSA) is 77.4 Å². The Labute approximate surface area is 114 Å². The highest BCUT2D eigenvalue weighted by atomic mass is 16.5.